The molecule has 2 unspecified atom stereocenters. The molecule has 0 spiro atoms. The Kier molecular flexibility index (Phi) is 6.32. The molecule has 182 valence electrons. The molecule has 0 amide bonds. The number of imidazole rings is 1. The van der Waals surface area contributed by atoms with Gasteiger partial charge in [-0.2, -0.15) is 0 Å². The molecule has 2 atom stereocenters. The summed E-state index contributed by atoms with van der Waals surface area (Å²) in [6.45, 7) is 8.19. The van der Waals surface area contributed by atoms with Crippen LogP contribution in [-0.4, -0.2) is 36.7 Å². The van der Waals surface area contributed by atoms with Crippen LogP contribution in [0.15, 0.2) is 34.0 Å². The number of rotatable bonds is 8. The van der Waals surface area contributed by atoms with Gasteiger partial charge >= 0.3 is 5.69 Å². The first kappa shape index (κ1) is 22.9. The van der Waals surface area contributed by atoms with Crippen LogP contribution in [-0.2, 0) is 13.1 Å². The summed E-state index contributed by atoms with van der Waals surface area (Å²) in [4.78, 5) is 41.6. The van der Waals surface area contributed by atoms with Crippen LogP contribution in [0.3, 0.4) is 0 Å². The Balaban J connectivity index is 1.48. The number of hydrogen-bond acceptors (Lipinski definition) is 5. The summed E-state index contributed by atoms with van der Waals surface area (Å²) >= 11 is 0. The Bertz CT molecular complexity index is 1250. The van der Waals surface area contributed by atoms with Crippen LogP contribution in [0.1, 0.15) is 71.0 Å². The van der Waals surface area contributed by atoms with E-state index in [1.54, 1.807) is 4.57 Å². The number of aromatic nitrogens is 5. The zero-order valence-electron chi connectivity index (χ0n) is 20.5. The summed E-state index contributed by atoms with van der Waals surface area (Å²) in [5.74, 6) is 3.38. The normalized spacial score (nSPS) is 24.1. The highest BCUT2D eigenvalue weighted by Crippen LogP contribution is 2.50. The van der Waals surface area contributed by atoms with E-state index in [1.807, 2.05) is 26.1 Å². The molecule has 1 N–H and O–H groups in total. The molecule has 0 radical (unpaired) electrons. The van der Waals surface area contributed by atoms with Crippen molar-refractivity contribution < 1.29 is 0 Å². The van der Waals surface area contributed by atoms with Crippen LogP contribution < -0.4 is 16.1 Å². The highest BCUT2D eigenvalue weighted by molar-refractivity contribution is 5.70. The summed E-state index contributed by atoms with van der Waals surface area (Å²) in [6, 6.07) is 6.65. The first-order valence-corrected chi connectivity index (χ1v) is 13.0. The molecule has 0 aromatic carbocycles. The number of H-pyrrole nitrogens is 1. The highest BCUT2D eigenvalue weighted by Gasteiger charge is 2.46. The van der Waals surface area contributed by atoms with E-state index in [9.17, 15) is 9.59 Å². The molecule has 2 saturated carbocycles. The Morgan fingerprint density at radius 1 is 1.03 bits per heavy atom. The average molecular weight is 465 g/mol. The molecule has 8 heteroatoms. The van der Waals surface area contributed by atoms with Crippen molar-refractivity contribution in [3.8, 4) is 0 Å². The third-order valence-corrected chi connectivity index (χ3v) is 7.85. The fourth-order valence-corrected chi connectivity index (χ4v) is 6.50. The lowest BCUT2D eigenvalue weighted by atomic mass is 9.76. The maximum Gasteiger partial charge on any atom is 0.332 e. The maximum absolute atomic E-state index is 13.1. The minimum atomic E-state index is -0.239. The number of anilines is 1. The summed E-state index contributed by atoms with van der Waals surface area (Å²) in [6.07, 6.45) is 7.97. The minimum absolute atomic E-state index is 0.239. The summed E-state index contributed by atoms with van der Waals surface area (Å²) in [7, 11) is 0. The van der Waals surface area contributed by atoms with E-state index in [4.69, 9.17) is 4.98 Å². The Labute approximate surface area is 200 Å². The number of aryl methyl sites for hydroxylation is 1. The van der Waals surface area contributed by atoms with E-state index in [1.165, 1.54) is 17.4 Å². The van der Waals surface area contributed by atoms with Gasteiger partial charge in [-0.3, -0.25) is 13.9 Å². The second kappa shape index (κ2) is 9.39. The van der Waals surface area contributed by atoms with Gasteiger partial charge in [-0.1, -0.05) is 19.9 Å². The molecular formula is C26H36N6O2. The second-order valence-electron chi connectivity index (χ2n) is 9.94. The number of nitrogens with zero attached hydrogens (tertiary/aromatic N) is 5. The molecule has 34 heavy (non-hydrogen) atoms. The fraction of sp³-hybridized carbons (Fsp3) is 0.615. The van der Waals surface area contributed by atoms with Crippen LogP contribution in [0.5, 0.6) is 0 Å². The van der Waals surface area contributed by atoms with Gasteiger partial charge in [0.25, 0.3) is 5.56 Å². The van der Waals surface area contributed by atoms with Gasteiger partial charge in [-0.15, -0.1) is 0 Å². The van der Waals surface area contributed by atoms with Crippen molar-refractivity contribution in [1.29, 1.82) is 0 Å². The Morgan fingerprint density at radius 2 is 1.74 bits per heavy atom. The van der Waals surface area contributed by atoms with E-state index in [0.717, 1.165) is 43.9 Å². The van der Waals surface area contributed by atoms with E-state index in [0.29, 0.717) is 42.1 Å². The predicted octanol–water partition coefficient (Wildman–Crippen LogP) is 3.90. The lowest BCUT2D eigenvalue weighted by molar-refractivity contribution is 0.255. The largest absolute Gasteiger partial charge is 0.353 e. The Morgan fingerprint density at radius 3 is 2.35 bits per heavy atom. The summed E-state index contributed by atoms with van der Waals surface area (Å²) in [5, 5.41) is 0. The molecule has 5 rings (SSSR count). The lowest BCUT2D eigenvalue weighted by Gasteiger charge is -2.42. The highest BCUT2D eigenvalue weighted by atomic mass is 16.2. The average Bonchev–Trinajstić information content (AvgIpc) is 3.40. The Hall–Kier alpha value is -2.90. The van der Waals surface area contributed by atoms with E-state index in [2.05, 4.69) is 33.9 Å². The first-order chi connectivity index (χ1) is 16.6. The molecule has 2 fully saturated rings. The molecule has 0 aliphatic heterocycles. The zero-order valence-corrected chi connectivity index (χ0v) is 20.5. The van der Waals surface area contributed by atoms with Crippen LogP contribution in [0.4, 0.5) is 5.82 Å². The molecule has 3 aromatic rings. The molecular weight excluding hydrogens is 428 g/mol. The van der Waals surface area contributed by atoms with Gasteiger partial charge in [-0.05, 0) is 69.4 Å². The molecule has 0 saturated heterocycles. The van der Waals surface area contributed by atoms with Crippen molar-refractivity contribution in [3.63, 3.8) is 0 Å². The van der Waals surface area contributed by atoms with Crippen molar-refractivity contribution >= 4 is 17.0 Å². The van der Waals surface area contributed by atoms with Crippen molar-refractivity contribution in [3.05, 3.63) is 51.1 Å². The van der Waals surface area contributed by atoms with Crippen LogP contribution in [0, 0.1) is 11.8 Å². The predicted molar refractivity (Wildman–Crippen MR) is 134 cm³/mol. The fourth-order valence-electron chi connectivity index (χ4n) is 6.50. The number of aromatic amines is 1. The van der Waals surface area contributed by atoms with Gasteiger partial charge in [0.2, 0.25) is 0 Å². The van der Waals surface area contributed by atoms with E-state index >= 15 is 0 Å². The third kappa shape index (κ3) is 3.77. The van der Waals surface area contributed by atoms with Crippen molar-refractivity contribution in [2.24, 2.45) is 11.8 Å². The molecule has 3 heterocycles. The monoisotopic (exact) mass is 464 g/mol. The molecule has 8 nitrogen and oxygen atoms in total. The minimum Gasteiger partial charge on any atom is -0.353 e. The summed E-state index contributed by atoms with van der Waals surface area (Å²) < 4.78 is 3.05. The number of hydrogen-bond donors (Lipinski definition) is 1. The molecule has 2 bridgehead atoms. The maximum atomic E-state index is 13.1. The van der Waals surface area contributed by atoms with Gasteiger partial charge in [0.05, 0.1) is 0 Å². The number of fused-ring (bicyclic) bond motifs is 3. The molecule has 2 aliphatic carbocycles. The van der Waals surface area contributed by atoms with Gasteiger partial charge in [0, 0.05) is 37.8 Å². The van der Waals surface area contributed by atoms with Crippen molar-refractivity contribution in [1.82, 2.24) is 24.1 Å². The standard InChI is InChI=1S/C26H36N6O2/c1-4-13-31-24-21(25(33)32(14-5-2)26(31)34)28-23(29-24)19-15-17-10-11-18(16-19)22(17)30(6-3)20-9-7-8-12-27-20/h7-9,12,17-19,22H,4-6,10-11,13-16H2,1-3H3,(H,28,29). The first-order valence-electron chi connectivity index (χ1n) is 13.0. The van der Waals surface area contributed by atoms with E-state index < -0.39 is 0 Å². The van der Waals surface area contributed by atoms with Gasteiger partial charge in [0.15, 0.2) is 5.65 Å². The zero-order chi connectivity index (χ0) is 23.8. The van der Waals surface area contributed by atoms with Crippen LogP contribution in [0.2, 0.25) is 0 Å². The molecule has 2 aliphatic rings. The van der Waals surface area contributed by atoms with Crippen LogP contribution >= 0.6 is 0 Å². The van der Waals surface area contributed by atoms with Crippen LogP contribution in [0.25, 0.3) is 11.2 Å². The lowest BCUT2D eigenvalue weighted by Crippen LogP contribution is -2.45. The number of nitrogens with one attached hydrogen (secondary N) is 1. The van der Waals surface area contributed by atoms with Gasteiger partial charge in [-0.25, -0.2) is 14.8 Å². The van der Waals surface area contributed by atoms with Gasteiger partial charge < -0.3 is 9.88 Å². The third-order valence-electron chi connectivity index (χ3n) is 7.85. The second-order valence-corrected chi connectivity index (χ2v) is 9.94. The topological polar surface area (TPSA) is 88.8 Å². The van der Waals surface area contributed by atoms with E-state index in [-0.39, 0.29) is 17.2 Å². The van der Waals surface area contributed by atoms with Gasteiger partial charge in [0.1, 0.15) is 17.2 Å². The number of pyridine rings is 1. The SMILES string of the molecule is CCCn1c(=O)c2[nH]c(C3CC4CCC(C3)C4N(CC)c3ccccn3)nc2n(CCC)c1=O. The smallest absolute Gasteiger partial charge is 0.332 e. The van der Waals surface area contributed by atoms with Crippen molar-refractivity contribution in [2.45, 2.75) is 84.3 Å². The summed E-state index contributed by atoms with van der Waals surface area (Å²) in [5.41, 5.74) is 0.529. The quantitative estimate of drug-likeness (QED) is 0.546. The van der Waals surface area contributed by atoms with Crippen molar-refractivity contribution in [2.75, 3.05) is 11.4 Å². The molecule has 3 aromatic heterocycles.